The molecule has 0 saturated heterocycles. The van der Waals surface area contributed by atoms with Crippen LogP contribution in [0, 0.1) is 6.92 Å². The van der Waals surface area contributed by atoms with E-state index < -0.39 is 23.8 Å². The largest absolute Gasteiger partial charge is 0.444 e. The van der Waals surface area contributed by atoms with E-state index in [-0.39, 0.29) is 11.8 Å². The summed E-state index contributed by atoms with van der Waals surface area (Å²) in [5.74, 6) is 0.0211. The Hall–Kier alpha value is -3.52. The molecule has 0 aliphatic carbocycles. The van der Waals surface area contributed by atoms with Gasteiger partial charge in [-0.25, -0.2) is 4.79 Å². The number of carbonyl (C=O) groups is 3. The van der Waals surface area contributed by atoms with Crippen LogP contribution in [0.2, 0.25) is 0 Å². The Labute approximate surface area is 242 Å². The first-order valence-electron chi connectivity index (χ1n) is 13.7. The summed E-state index contributed by atoms with van der Waals surface area (Å²) >= 11 is 1.59. The lowest BCUT2D eigenvalue weighted by atomic mass is 10.0. The molecule has 2 atom stereocenters. The second-order valence-corrected chi connectivity index (χ2v) is 11.9. The standard InChI is InChI=1S/C32H41N3O4S/c1-7-19-35(30(37)27(18-20-40-6)34-31(38)39-32(3,4)5)28(24-14-12-22(2)13-15-24)29(36)33-26-17-16-23-10-8-9-11-25(23)21-26/h8-17,21,27-28H,7,18-20H2,1-6H3,(H,33,36)(H,34,38). The molecule has 0 bridgehead atoms. The van der Waals surface area contributed by atoms with Gasteiger partial charge in [-0.2, -0.15) is 11.8 Å². The Morgan fingerprint density at radius 3 is 2.27 bits per heavy atom. The minimum atomic E-state index is -0.892. The van der Waals surface area contributed by atoms with Crippen LogP contribution in [-0.2, 0) is 14.3 Å². The third kappa shape index (κ3) is 8.74. The van der Waals surface area contributed by atoms with Crippen molar-refractivity contribution in [3.8, 4) is 0 Å². The molecule has 214 valence electrons. The van der Waals surface area contributed by atoms with Gasteiger partial charge >= 0.3 is 6.09 Å². The Morgan fingerprint density at radius 1 is 0.975 bits per heavy atom. The van der Waals surface area contributed by atoms with Gasteiger partial charge in [0, 0.05) is 12.2 Å². The molecule has 2 unspecified atom stereocenters. The molecular weight excluding hydrogens is 522 g/mol. The van der Waals surface area contributed by atoms with Crippen LogP contribution in [0.1, 0.15) is 57.7 Å². The third-order valence-corrected chi connectivity index (χ3v) is 6.96. The number of aryl methyl sites for hydroxylation is 1. The Kier molecular flexibility index (Phi) is 11.0. The second-order valence-electron chi connectivity index (χ2n) is 10.9. The zero-order valence-electron chi connectivity index (χ0n) is 24.3. The minimum absolute atomic E-state index is 0.318. The van der Waals surface area contributed by atoms with Crippen molar-refractivity contribution in [3.05, 3.63) is 77.9 Å². The molecule has 0 aromatic heterocycles. The average Bonchev–Trinajstić information content (AvgIpc) is 2.90. The zero-order valence-corrected chi connectivity index (χ0v) is 25.1. The summed E-state index contributed by atoms with van der Waals surface area (Å²) in [4.78, 5) is 42.4. The molecule has 40 heavy (non-hydrogen) atoms. The van der Waals surface area contributed by atoms with E-state index in [1.165, 1.54) is 0 Å². The van der Waals surface area contributed by atoms with Crippen LogP contribution in [0.15, 0.2) is 66.7 Å². The van der Waals surface area contributed by atoms with Gasteiger partial charge in [-0.15, -0.1) is 0 Å². The van der Waals surface area contributed by atoms with E-state index in [0.29, 0.717) is 36.4 Å². The summed E-state index contributed by atoms with van der Waals surface area (Å²) < 4.78 is 5.45. The maximum Gasteiger partial charge on any atom is 0.408 e. The molecule has 0 aliphatic rings. The van der Waals surface area contributed by atoms with E-state index in [9.17, 15) is 14.4 Å². The van der Waals surface area contributed by atoms with Gasteiger partial charge in [-0.1, -0.05) is 67.1 Å². The van der Waals surface area contributed by atoms with E-state index in [2.05, 4.69) is 10.6 Å². The lowest BCUT2D eigenvalue weighted by molar-refractivity contribution is -0.140. The van der Waals surface area contributed by atoms with Gasteiger partial charge in [0.05, 0.1) is 0 Å². The summed E-state index contributed by atoms with van der Waals surface area (Å²) in [6.45, 7) is 9.62. The summed E-state index contributed by atoms with van der Waals surface area (Å²) in [6.07, 6.45) is 2.34. The van der Waals surface area contributed by atoms with Crippen molar-refractivity contribution in [1.29, 1.82) is 0 Å². The van der Waals surface area contributed by atoms with Crippen LogP contribution in [0.3, 0.4) is 0 Å². The van der Waals surface area contributed by atoms with E-state index in [1.54, 1.807) is 37.4 Å². The fourth-order valence-electron chi connectivity index (χ4n) is 4.45. The maximum absolute atomic E-state index is 14.1. The Balaban J connectivity index is 1.97. The number of carbonyl (C=O) groups excluding carboxylic acids is 3. The lowest BCUT2D eigenvalue weighted by Crippen LogP contribution is -2.52. The van der Waals surface area contributed by atoms with E-state index >= 15 is 0 Å². The number of nitrogens with zero attached hydrogens (tertiary/aromatic N) is 1. The molecule has 3 amide bonds. The van der Waals surface area contributed by atoms with Crippen LogP contribution in [0.5, 0.6) is 0 Å². The van der Waals surface area contributed by atoms with E-state index in [4.69, 9.17) is 4.74 Å². The number of benzene rings is 3. The van der Waals surface area contributed by atoms with Crippen molar-refractivity contribution in [2.75, 3.05) is 23.9 Å². The maximum atomic E-state index is 14.1. The van der Waals surface area contributed by atoms with Gasteiger partial charge in [-0.3, -0.25) is 9.59 Å². The monoisotopic (exact) mass is 563 g/mol. The summed E-state index contributed by atoms with van der Waals surface area (Å²) in [7, 11) is 0. The summed E-state index contributed by atoms with van der Waals surface area (Å²) in [6, 6.07) is 19.6. The SMILES string of the molecule is CCCN(C(=O)C(CCSC)NC(=O)OC(C)(C)C)C(C(=O)Nc1ccc2ccccc2c1)c1ccc(C)cc1. The normalized spacial score (nSPS) is 12.8. The van der Waals surface area contributed by atoms with Crippen LogP contribution in [-0.4, -0.2) is 53.0 Å². The second kappa shape index (κ2) is 14.2. The molecule has 0 fully saturated rings. The molecule has 2 N–H and O–H groups in total. The number of nitrogens with one attached hydrogen (secondary N) is 2. The molecule has 0 heterocycles. The number of thioether (sulfide) groups is 1. The first-order chi connectivity index (χ1) is 19.0. The predicted octanol–water partition coefficient (Wildman–Crippen LogP) is 6.71. The van der Waals surface area contributed by atoms with Crippen molar-refractivity contribution in [1.82, 2.24) is 10.2 Å². The topological polar surface area (TPSA) is 87.7 Å². The van der Waals surface area contributed by atoms with Gasteiger partial charge < -0.3 is 20.3 Å². The first kappa shape index (κ1) is 31.0. The van der Waals surface area contributed by atoms with Gasteiger partial charge in [0.15, 0.2) is 0 Å². The van der Waals surface area contributed by atoms with Crippen LogP contribution >= 0.6 is 11.8 Å². The minimum Gasteiger partial charge on any atom is -0.444 e. The van der Waals surface area contributed by atoms with Crippen molar-refractivity contribution in [3.63, 3.8) is 0 Å². The number of alkyl carbamates (subject to hydrolysis) is 1. The number of hydrogen-bond acceptors (Lipinski definition) is 5. The molecule has 0 spiro atoms. The van der Waals surface area contributed by atoms with Gasteiger partial charge in [0.25, 0.3) is 5.91 Å². The smallest absolute Gasteiger partial charge is 0.408 e. The molecular formula is C32H41N3O4S. The van der Waals surface area contributed by atoms with Crippen LogP contribution in [0.4, 0.5) is 10.5 Å². The van der Waals surface area contributed by atoms with Crippen molar-refractivity contribution in [2.24, 2.45) is 0 Å². The summed E-state index contributed by atoms with van der Waals surface area (Å²) in [5.41, 5.74) is 1.70. The molecule has 3 aromatic carbocycles. The van der Waals surface area contributed by atoms with E-state index in [0.717, 1.165) is 16.3 Å². The van der Waals surface area contributed by atoms with Gasteiger partial charge in [0.1, 0.15) is 17.7 Å². The lowest BCUT2D eigenvalue weighted by Gasteiger charge is -2.34. The predicted molar refractivity (Wildman–Crippen MR) is 165 cm³/mol. The highest BCUT2D eigenvalue weighted by molar-refractivity contribution is 7.98. The first-order valence-corrected chi connectivity index (χ1v) is 15.1. The van der Waals surface area contributed by atoms with Gasteiger partial charge in [0.2, 0.25) is 5.91 Å². The highest BCUT2D eigenvalue weighted by atomic mass is 32.2. The zero-order chi connectivity index (χ0) is 29.3. The van der Waals surface area contributed by atoms with E-state index in [1.807, 2.05) is 86.8 Å². The number of hydrogen-bond donors (Lipinski definition) is 2. The van der Waals surface area contributed by atoms with Crippen molar-refractivity contribution in [2.45, 2.75) is 65.1 Å². The molecule has 3 aromatic rings. The highest BCUT2D eigenvalue weighted by Gasteiger charge is 2.35. The average molecular weight is 564 g/mol. The number of ether oxygens (including phenoxy) is 1. The number of anilines is 1. The fraction of sp³-hybridized carbons (Fsp3) is 0.406. The van der Waals surface area contributed by atoms with Crippen LogP contribution < -0.4 is 10.6 Å². The molecule has 0 aliphatic heterocycles. The number of rotatable bonds is 11. The quantitative estimate of drug-likeness (QED) is 0.271. The number of fused-ring (bicyclic) bond motifs is 1. The molecule has 0 radical (unpaired) electrons. The van der Waals surface area contributed by atoms with Gasteiger partial charge in [-0.05, 0) is 81.0 Å². The fourth-order valence-corrected chi connectivity index (χ4v) is 4.92. The van der Waals surface area contributed by atoms with Crippen molar-refractivity contribution < 1.29 is 19.1 Å². The Morgan fingerprint density at radius 2 is 1.65 bits per heavy atom. The Bertz CT molecular complexity index is 1300. The van der Waals surface area contributed by atoms with Crippen LogP contribution in [0.25, 0.3) is 10.8 Å². The molecule has 8 heteroatoms. The molecule has 0 saturated carbocycles. The highest BCUT2D eigenvalue weighted by Crippen LogP contribution is 2.27. The third-order valence-electron chi connectivity index (χ3n) is 6.32. The van der Waals surface area contributed by atoms with Crippen molar-refractivity contribution >= 4 is 46.1 Å². The molecule has 3 rings (SSSR count). The molecule has 7 nitrogen and oxygen atoms in total. The summed E-state index contributed by atoms with van der Waals surface area (Å²) in [5, 5.41) is 7.90. The number of amides is 3.